The molecule has 1 saturated heterocycles. The smallest absolute Gasteiger partial charge is 0.409 e. The molecule has 0 radical (unpaired) electrons. The number of piperazine rings is 1. The number of rotatable bonds is 5. The molecule has 140 valence electrons. The van der Waals surface area contributed by atoms with Gasteiger partial charge < -0.3 is 14.4 Å². The van der Waals surface area contributed by atoms with Crippen LogP contribution in [0.4, 0.5) is 4.79 Å². The Morgan fingerprint density at radius 3 is 2.36 bits per heavy atom. The number of nitrogens with zero attached hydrogens (tertiary/aromatic N) is 2. The van der Waals surface area contributed by atoms with Gasteiger partial charge in [-0.3, -0.25) is 0 Å². The molecule has 1 fully saturated rings. The Balaban J connectivity index is 2.09. The highest BCUT2D eigenvalue weighted by Crippen LogP contribution is 2.25. The zero-order valence-corrected chi connectivity index (χ0v) is 16.0. The van der Waals surface area contributed by atoms with Gasteiger partial charge in [0.05, 0.1) is 17.6 Å². The molecule has 0 N–H and O–H groups in total. The molecule has 25 heavy (non-hydrogen) atoms. The number of ether oxygens (including phenoxy) is 2. The zero-order chi connectivity index (χ0) is 18.6. The van der Waals surface area contributed by atoms with Crippen LogP contribution in [0.2, 0.25) is 0 Å². The highest BCUT2D eigenvalue weighted by molar-refractivity contribution is 7.89. The van der Waals surface area contributed by atoms with Crippen LogP contribution in [0.1, 0.15) is 26.3 Å². The van der Waals surface area contributed by atoms with Gasteiger partial charge in [-0.25, -0.2) is 13.2 Å². The lowest BCUT2D eigenvalue weighted by molar-refractivity contribution is 0.0934. The van der Waals surface area contributed by atoms with E-state index in [9.17, 15) is 13.2 Å². The number of carbonyl (C=O) groups is 1. The molecule has 0 aromatic heterocycles. The number of carbonyl (C=O) groups excluding carboxylic acids is 1. The van der Waals surface area contributed by atoms with Crippen LogP contribution in [0.25, 0.3) is 0 Å². The molecule has 0 atom stereocenters. The summed E-state index contributed by atoms with van der Waals surface area (Å²) in [6, 6.07) is 4.89. The highest BCUT2D eigenvalue weighted by atomic mass is 32.2. The molecule has 0 saturated carbocycles. The van der Waals surface area contributed by atoms with Gasteiger partial charge in [0.2, 0.25) is 10.0 Å². The number of benzene rings is 1. The molecule has 1 aromatic carbocycles. The first kappa shape index (κ1) is 19.5. The SMILES string of the molecule is CCOC(=O)N1CCN(S(=O)(=O)c2ccc(OC(C)C)c(C)c2)CC1. The minimum Gasteiger partial charge on any atom is -0.491 e. The van der Waals surface area contributed by atoms with E-state index in [1.165, 1.54) is 9.21 Å². The van der Waals surface area contributed by atoms with E-state index >= 15 is 0 Å². The number of sulfonamides is 1. The first-order valence-corrected chi connectivity index (χ1v) is 9.89. The summed E-state index contributed by atoms with van der Waals surface area (Å²) in [4.78, 5) is 13.5. The Kier molecular flexibility index (Phi) is 6.29. The lowest BCUT2D eigenvalue weighted by Gasteiger charge is -2.33. The van der Waals surface area contributed by atoms with Crippen molar-refractivity contribution in [3.05, 3.63) is 23.8 Å². The zero-order valence-electron chi connectivity index (χ0n) is 15.2. The summed E-state index contributed by atoms with van der Waals surface area (Å²) in [5.74, 6) is 0.682. The second kappa shape index (κ2) is 8.05. The van der Waals surface area contributed by atoms with Crippen molar-refractivity contribution in [2.75, 3.05) is 32.8 Å². The Bertz CT molecular complexity index is 710. The van der Waals surface area contributed by atoms with Crippen LogP contribution in [0, 0.1) is 6.92 Å². The molecule has 1 heterocycles. The van der Waals surface area contributed by atoms with Crippen molar-refractivity contribution in [2.24, 2.45) is 0 Å². The van der Waals surface area contributed by atoms with E-state index in [0.717, 1.165) is 5.56 Å². The van der Waals surface area contributed by atoms with Crippen molar-refractivity contribution in [3.8, 4) is 5.75 Å². The van der Waals surface area contributed by atoms with Crippen LogP contribution < -0.4 is 4.74 Å². The normalized spacial score (nSPS) is 16.1. The quantitative estimate of drug-likeness (QED) is 0.794. The summed E-state index contributed by atoms with van der Waals surface area (Å²) in [6.45, 7) is 8.89. The van der Waals surface area contributed by atoms with Crippen LogP contribution in [-0.2, 0) is 14.8 Å². The molecule has 1 aromatic rings. The maximum absolute atomic E-state index is 12.8. The number of amides is 1. The maximum atomic E-state index is 12.8. The molecule has 1 aliphatic heterocycles. The van der Waals surface area contributed by atoms with Gasteiger partial charge in [-0.05, 0) is 51.5 Å². The van der Waals surface area contributed by atoms with Gasteiger partial charge in [0, 0.05) is 26.2 Å². The summed E-state index contributed by atoms with van der Waals surface area (Å²) in [6.07, 6.45) is -0.373. The Morgan fingerprint density at radius 2 is 1.84 bits per heavy atom. The van der Waals surface area contributed by atoms with Gasteiger partial charge in [-0.2, -0.15) is 4.31 Å². The van der Waals surface area contributed by atoms with E-state index in [0.29, 0.717) is 25.4 Å². The number of hydrogen-bond donors (Lipinski definition) is 0. The van der Waals surface area contributed by atoms with Gasteiger partial charge in [-0.15, -0.1) is 0 Å². The van der Waals surface area contributed by atoms with Crippen molar-refractivity contribution >= 4 is 16.1 Å². The third kappa shape index (κ3) is 4.64. The van der Waals surface area contributed by atoms with E-state index in [1.54, 1.807) is 25.1 Å². The lowest BCUT2D eigenvalue weighted by Crippen LogP contribution is -2.50. The van der Waals surface area contributed by atoms with Crippen molar-refractivity contribution < 1.29 is 22.7 Å². The molecule has 2 rings (SSSR count). The average molecular weight is 370 g/mol. The lowest BCUT2D eigenvalue weighted by atomic mass is 10.2. The van der Waals surface area contributed by atoms with Crippen molar-refractivity contribution in [1.29, 1.82) is 0 Å². The van der Waals surface area contributed by atoms with E-state index < -0.39 is 16.1 Å². The van der Waals surface area contributed by atoms with Crippen molar-refractivity contribution in [1.82, 2.24) is 9.21 Å². The molecule has 0 unspecified atom stereocenters. The Labute approximate surface area is 149 Å². The van der Waals surface area contributed by atoms with Crippen LogP contribution in [-0.4, -0.2) is 62.6 Å². The van der Waals surface area contributed by atoms with E-state index in [-0.39, 0.29) is 24.1 Å². The third-order valence-electron chi connectivity index (χ3n) is 3.91. The minimum atomic E-state index is -3.59. The fourth-order valence-corrected chi connectivity index (χ4v) is 4.15. The summed E-state index contributed by atoms with van der Waals surface area (Å²) in [5.41, 5.74) is 0.778. The summed E-state index contributed by atoms with van der Waals surface area (Å²) >= 11 is 0. The minimum absolute atomic E-state index is 0.0251. The average Bonchev–Trinajstić information content (AvgIpc) is 2.56. The van der Waals surface area contributed by atoms with Crippen LogP contribution >= 0.6 is 0 Å². The Hall–Kier alpha value is -1.80. The fourth-order valence-electron chi connectivity index (χ4n) is 2.64. The van der Waals surface area contributed by atoms with Crippen molar-refractivity contribution in [2.45, 2.75) is 38.7 Å². The topological polar surface area (TPSA) is 76.2 Å². The molecule has 0 bridgehead atoms. The van der Waals surface area contributed by atoms with Crippen LogP contribution in [0.5, 0.6) is 5.75 Å². The monoisotopic (exact) mass is 370 g/mol. The predicted molar refractivity (Wildman–Crippen MR) is 94.3 cm³/mol. The predicted octanol–water partition coefficient (Wildman–Crippen LogP) is 2.25. The molecular weight excluding hydrogens is 344 g/mol. The van der Waals surface area contributed by atoms with Crippen molar-refractivity contribution in [3.63, 3.8) is 0 Å². The molecule has 0 spiro atoms. The molecule has 0 aliphatic carbocycles. The maximum Gasteiger partial charge on any atom is 0.409 e. The van der Waals surface area contributed by atoms with Gasteiger partial charge in [-0.1, -0.05) is 0 Å². The summed E-state index contributed by atoms with van der Waals surface area (Å²) < 4.78 is 37.7. The fraction of sp³-hybridized carbons (Fsp3) is 0.588. The van der Waals surface area contributed by atoms with E-state index in [2.05, 4.69) is 0 Å². The molecule has 8 heteroatoms. The first-order chi connectivity index (χ1) is 11.8. The third-order valence-corrected chi connectivity index (χ3v) is 5.81. The molecule has 1 aliphatic rings. The summed E-state index contributed by atoms with van der Waals surface area (Å²) in [7, 11) is -3.59. The van der Waals surface area contributed by atoms with Crippen LogP contribution in [0.3, 0.4) is 0 Å². The van der Waals surface area contributed by atoms with Gasteiger partial charge in [0.25, 0.3) is 0 Å². The molecule has 1 amide bonds. The van der Waals surface area contributed by atoms with E-state index in [4.69, 9.17) is 9.47 Å². The molecular formula is C17H26N2O5S. The summed E-state index contributed by atoms with van der Waals surface area (Å²) in [5, 5.41) is 0. The van der Waals surface area contributed by atoms with Gasteiger partial charge in [0.1, 0.15) is 5.75 Å². The first-order valence-electron chi connectivity index (χ1n) is 8.45. The van der Waals surface area contributed by atoms with Gasteiger partial charge >= 0.3 is 6.09 Å². The largest absolute Gasteiger partial charge is 0.491 e. The standard InChI is InChI=1S/C17H26N2O5S/c1-5-23-17(20)18-8-10-19(11-9-18)25(21,22)15-6-7-16(14(4)12-15)24-13(2)3/h6-7,12-13H,5,8-11H2,1-4H3. The number of aryl methyl sites for hydroxylation is 1. The second-order valence-corrected chi connectivity index (χ2v) is 8.12. The Morgan fingerprint density at radius 1 is 1.20 bits per heavy atom. The van der Waals surface area contributed by atoms with Crippen LogP contribution in [0.15, 0.2) is 23.1 Å². The second-order valence-electron chi connectivity index (χ2n) is 6.18. The van der Waals surface area contributed by atoms with Gasteiger partial charge in [0.15, 0.2) is 0 Å². The number of hydrogen-bond acceptors (Lipinski definition) is 5. The highest BCUT2D eigenvalue weighted by Gasteiger charge is 2.30. The van der Waals surface area contributed by atoms with E-state index in [1.807, 2.05) is 20.8 Å². The molecule has 7 nitrogen and oxygen atoms in total.